The molecule has 5 aromatic rings. The summed E-state index contributed by atoms with van der Waals surface area (Å²) in [5.74, 6) is 0.820. The second-order valence-electron chi connectivity index (χ2n) is 9.47. The summed E-state index contributed by atoms with van der Waals surface area (Å²) in [6.45, 7) is 1.91. The number of nitrogens with two attached hydrogens (primary N) is 1. The van der Waals surface area contributed by atoms with Gasteiger partial charge in [-0.15, -0.1) is 0 Å². The van der Waals surface area contributed by atoms with Gasteiger partial charge in [0.2, 0.25) is 0 Å². The molecular formula is C29H23F3N6O2. The lowest BCUT2D eigenvalue weighted by atomic mass is 9.92. The number of hydrogen-bond acceptors (Lipinski definition) is 7. The quantitative estimate of drug-likeness (QED) is 0.300. The number of aromatic nitrogens is 5. The molecule has 202 valence electrons. The molecule has 8 nitrogen and oxygen atoms in total. The highest BCUT2D eigenvalue weighted by Crippen LogP contribution is 2.40. The van der Waals surface area contributed by atoms with Crippen LogP contribution in [0.1, 0.15) is 35.8 Å². The third-order valence-electron chi connectivity index (χ3n) is 6.89. The minimum atomic E-state index is -4.85. The number of hydrogen-bond donors (Lipinski definition) is 2. The van der Waals surface area contributed by atoms with Crippen molar-refractivity contribution in [3.8, 4) is 17.0 Å². The number of nitrogen functional groups attached to an aromatic ring is 1. The minimum absolute atomic E-state index is 0.107. The first-order valence-electron chi connectivity index (χ1n) is 12.4. The average Bonchev–Trinajstić information content (AvgIpc) is 3.37. The Morgan fingerprint density at radius 2 is 1.75 bits per heavy atom. The van der Waals surface area contributed by atoms with E-state index < -0.39 is 30.0 Å². The van der Waals surface area contributed by atoms with Crippen molar-refractivity contribution in [3.63, 3.8) is 0 Å². The van der Waals surface area contributed by atoms with Gasteiger partial charge in [0.05, 0.1) is 11.4 Å². The second-order valence-corrected chi connectivity index (χ2v) is 9.47. The van der Waals surface area contributed by atoms with Gasteiger partial charge in [0.15, 0.2) is 11.8 Å². The Morgan fingerprint density at radius 1 is 1.00 bits per heavy atom. The van der Waals surface area contributed by atoms with Gasteiger partial charge in [-0.2, -0.15) is 18.3 Å². The number of aliphatic hydroxyl groups is 1. The molecule has 40 heavy (non-hydrogen) atoms. The SMILES string of the molecule is CC(C1C=C(c2ccccc2)c2ccccc2O1)n1nc(-c2cncc(C(O)C(F)(F)F)c2)c2c(N)ncnc21. The number of fused-ring (bicyclic) bond motifs is 2. The molecule has 11 heteroatoms. The minimum Gasteiger partial charge on any atom is -0.483 e. The molecule has 0 bridgehead atoms. The average molecular weight is 545 g/mol. The van der Waals surface area contributed by atoms with E-state index in [4.69, 9.17) is 15.6 Å². The largest absolute Gasteiger partial charge is 0.483 e. The van der Waals surface area contributed by atoms with E-state index in [2.05, 4.69) is 15.0 Å². The maximum atomic E-state index is 13.2. The summed E-state index contributed by atoms with van der Waals surface area (Å²) < 4.78 is 47.6. The fraction of sp³-hybridized carbons (Fsp3) is 0.172. The Hall–Kier alpha value is -4.77. The number of pyridine rings is 1. The number of alkyl halides is 3. The van der Waals surface area contributed by atoms with Gasteiger partial charge in [-0.05, 0) is 36.3 Å². The van der Waals surface area contributed by atoms with Gasteiger partial charge >= 0.3 is 6.18 Å². The molecule has 3 aromatic heterocycles. The van der Waals surface area contributed by atoms with Crippen molar-refractivity contribution in [3.05, 3.63) is 102 Å². The first kappa shape index (κ1) is 25.5. The molecule has 1 aliphatic rings. The van der Waals surface area contributed by atoms with E-state index in [0.29, 0.717) is 16.8 Å². The number of anilines is 1. The van der Waals surface area contributed by atoms with Crippen molar-refractivity contribution in [1.82, 2.24) is 24.7 Å². The second kappa shape index (κ2) is 9.76. The maximum absolute atomic E-state index is 13.2. The number of aliphatic hydroxyl groups excluding tert-OH is 1. The molecule has 0 spiro atoms. The molecular weight excluding hydrogens is 521 g/mol. The van der Waals surface area contributed by atoms with Crippen molar-refractivity contribution < 1.29 is 23.0 Å². The van der Waals surface area contributed by atoms with Crippen LogP contribution in [0.25, 0.3) is 27.9 Å². The molecule has 3 N–H and O–H groups in total. The van der Waals surface area contributed by atoms with Crippen LogP contribution in [0.5, 0.6) is 5.75 Å². The van der Waals surface area contributed by atoms with E-state index in [0.717, 1.165) is 22.9 Å². The molecule has 4 heterocycles. The van der Waals surface area contributed by atoms with Crippen molar-refractivity contribution in [1.29, 1.82) is 0 Å². The molecule has 0 saturated heterocycles. The Labute approximate surface area is 226 Å². The Bertz CT molecular complexity index is 1740. The van der Waals surface area contributed by atoms with Crippen LogP contribution in [-0.4, -0.2) is 42.1 Å². The Kier molecular flexibility index (Phi) is 6.22. The normalized spacial score (nSPS) is 16.6. The summed E-state index contributed by atoms with van der Waals surface area (Å²) in [5, 5.41) is 14.9. The summed E-state index contributed by atoms with van der Waals surface area (Å²) in [7, 11) is 0. The summed E-state index contributed by atoms with van der Waals surface area (Å²) in [5.41, 5.74) is 9.64. The first-order chi connectivity index (χ1) is 19.2. The molecule has 0 radical (unpaired) electrons. The van der Waals surface area contributed by atoms with Crippen molar-refractivity contribution in [2.24, 2.45) is 0 Å². The predicted octanol–water partition coefficient (Wildman–Crippen LogP) is 5.52. The number of ether oxygens (including phenoxy) is 1. The Balaban J connectivity index is 1.46. The van der Waals surface area contributed by atoms with Crippen LogP contribution in [0.4, 0.5) is 19.0 Å². The van der Waals surface area contributed by atoms with E-state index in [9.17, 15) is 18.3 Å². The van der Waals surface area contributed by atoms with Crippen LogP contribution in [0, 0.1) is 0 Å². The fourth-order valence-electron chi connectivity index (χ4n) is 4.88. The van der Waals surface area contributed by atoms with Gasteiger partial charge in [0, 0.05) is 29.1 Å². The number of rotatable bonds is 5. The molecule has 2 aromatic carbocycles. The van der Waals surface area contributed by atoms with Crippen LogP contribution in [0.3, 0.4) is 0 Å². The van der Waals surface area contributed by atoms with Crippen LogP contribution in [0.2, 0.25) is 0 Å². The number of benzene rings is 2. The van der Waals surface area contributed by atoms with E-state index in [1.165, 1.54) is 18.6 Å². The standard InChI is InChI=1S/C29H23F3N6O2/c1-16(23-12-21(17-7-3-2-4-8-17)20-9-5-6-10-22(20)40-23)38-28-24(27(33)35-15-36-28)25(37-38)18-11-19(14-34-13-18)26(39)29(30,31)32/h2-16,23,26,39H,1H3,(H2,33,35,36). The summed E-state index contributed by atoms with van der Waals surface area (Å²) >= 11 is 0. The van der Waals surface area contributed by atoms with Crippen LogP contribution >= 0.6 is 0 Å². The zero-order valence-electron chi connectivity index (χ0n) is 21.1. The van der Waals surface area contributed by atoms with E-state index in [1.807, 2.05) is 67.6 Å². The van der Waals surface area contributed by atoms with Gasteiger partial charge in [0.1, 0.15) is 29.7 Å². The van der Waals surface area contributed by atoms with E-state index in [-0.39, 0.29) is 17.1 Å². The molecule has 0 saturated carbocycles. The summed E-state index contributed by atoms with van der Waals surface area (Å²) in [4.78, 5) is 12.4. The molecule has 0 fully saturated rings. The topological polar surface area (TPSA) is 112 Å². The lowest BCUT2D eigenvalue weighted by Gasteiger charge is -2.30. The smallest absolute Gasteiger partial charge is 0.418 e. The van der Waals surface area contributed by atoms with Crippen molar-refractivity contribution in [2.45, 2.75) is 31.3 Å². The van der Waals surface area contributed by atoms with E-state index >= 15 is 0 Å². The van der Waals surface area contributed by atoms with Gasteiger partial charge in [-0.25, -0.2) is 14.6 Å². The van der Waals surface area contributed by atoms with Crippen molar-refractivity contribution in [2.75, 3.05) is 5.73 Å². The van der Waals surface area contributed by atoms with Gasteiger partial charge in [0.25, 0.3) is 0 Å². The van der Waals surface area contributed by atoms with Crippen LogP contribution in [-0.2, 0) is 0 Å². The molecule has 3 unspecified atom stereocenters. The maximum Gasteiger partial charge on any atom is 0.418 e. The lowest BCUT2D eigenvalue weighted by Crippen LogP contribution is -2.29. The monoisotopic (exact) mass is 544 g/mol. The molecule has 0 amide bonds. The van der Waals surface area contributed by atoms with Crippen LogP contribution in [0.15, 0.2) is 85.5 Å². The Morgan fingerprint density at radius 3 is 2.52 bits per heavy atom. The fourth-order valence-corrected chi connectivity index (χ4v) is 4.88. The van der Waals surface area contributed by atoms with Crippen molar-refractivity contribution >= 4 is 22.4 Å². The third kappa shape index (κ3) is 4.43. The number of nitrogens with zero attached hydrogens (tertiary/aromatic N) is 5. The third-order valence-corrected chi connectivity index (χ3v) is 6.89. The lowest BCUT2D eigenvalue weighted by molar-refractivity contribution is -0.206. The zero-order valence-corrected chi connectivity index (χ0v) is 21.1. The number of halogens is 3. The molecule has 0 aliphatic carbocycles. The first-order valence-corrected chi connectivity index (χ1v) is 12.4. The molecule has 1 aliphatic heterocycles. The van der Waals surface area contributed by atoms with Gasteiger partial charge in [-0.3, -0.25) is 4.98 Å². The summed E-state index contributed by atoms with van der Waals surface area (Å²) in [6, 6.07) is 18.5. The number of para-hydroxylation sites is 1. The van der Waals surface area contributed by atoms with E-state index in [1.54, 1.807) is 4.68 Å². The van der Waals surface area contributed by atoms with Gasteiger partial charge in [-0.1, -0.05) is 48.5 Å². The summed E-state index contributed by atoms with van der Waals surface area (Å²) in [6.07, 6.45) is -2.37. The highest BCUT2D eigenvalue weighted by atomic mass is 19.4. The highest BCUT2D eigenvalue weighted by molar-refractivity contribution is 5.98. The highest BCUT2D eigenvalue weighted by Gasteiger charge is 2.40. The molecule has 6 rings (SSSR count). The van der Waals surface area contributed by atoms with Gasteiger partial charge < -0.3 is 15.6 Å². The zero-order chi connectivity index (χ0) is 28.0. The predicted molar refractivity (Wildman–Crippen MR) is 143 cm³/mol. The van der Waals surface area contributed by atoms with Crippen LogP contribution < -0.4 is 10.5 Å². The molecule has 3 atom stereocenters.